The summed E-state index contributed by atoms with van der Waals surface area (Å²) in [5.41, 5.74) is -3.60. The lowest BCUT2D eigenvalue weighted by atomic mass is 9.88. The van der Waals surface area contributed by atoms with Crippen LogP contribution in [0, 0.1) is 17.8 Å². The minimum absolute atomic E-state index is 0.119. The largest absolute Gasteiger partial charge is 0.462 e. The fourth-order valence-electron chi connectivity index (χ4n) is 3.80. The number of nitrogens with one attached hydrogen (secondary N) is 2. The fourth-order valence-corrected chi connectivity index (χ4v) is 6.22. The standard InChI is InChI=1S/C26H34N3O9PS/c1-16(2)11-12-21(30)26(29-14-13-22(31)27-25(29)34)23(32)20(37-26)15-35-39(40,38-19-9-7-6-8-10-19)28-18(5)24(33)36-17(3)4/h6-10,13-14,16-18,20-21,23,30,32H,15H2,1-5H3,(H,28,40)(H,27,31,34)/t18-,20+,21-,23+,26+,39?/m0/s1. The zero-order chi connectivity index (χ0) is 29.7. The van der Waals surface area contributed by atoms with Gasteiger partial charge in [0.05, 0.1) is 12.7 Å². The maximum atomic E-state index is 12.6. The molecule has 14 heteroatoms. The van der Waals surface area contributed by atoms with Crippen LogP contribution in [-0.4, -0.2) is 62.8 Å². The van der Waals surface area contributed by atoms with Crippen LogP contribution in [0.1, 0.15) is 34.6 Å². The molecule has 1 aliphatic rings. The number of nitrogens with zero attached hydrogens (tertiary/aromatic N) is 1. The predicted molar refractivity (Wildman–Crippen MR) is 150 cm³/mol. The molecule has 1 saturated heterocycles. The molecule has 40 heavy (non-hydrogen) atoms. The van der Waals surface area contributed by atoms with Crippen molar-refractivity contribution >= 4 is 24.4 Å². The molecule has 0 aliphatic carbocycles. The van der Waals surface area contributed by atoms with Crippen LogP contribution in [0.2, 0.25) is 0 Å². The van der Waals surface area contributed by atoms with Crippen LogP contribution >= 0.6 is 6.64 Å². The Morgan fingerprint density at radius 2 is 1.88 bits per heavy atom. The van der Waals surface area contributed by atoms with Crippen LogP contribution in [0.3, 0.4) is 0 Å². The minimum atomic E-state index is -3.45. The quantitative estimate of drug-likeness (QED) is 0.168. The minimum Gasteiger partial charge on any atom is -0.462 e. The van der Waals surface area contributed by atoms with E-state index in [2.05, 4.69) is 21.9 Å². The highest BCUT2D eigenvalue weighted by molar-refractivity contribution is 8.09. The number of hydrogen-bond acceptors (Lipinski definition) is 10. The number of ether oxygens (including phenoxy) is 2. The summed E-state index contributed by atoms with van der Waals surface area (Å²) in [6.45, 7) is 4.80. The van der Waals surface area contributed by atoms with Crippen molar-refractivity contribution in [1.29, 1.82) is 0 Å². The van der Waals surface area contributed by atoms with Gasteiger partial charge in [-0.05, 0) is 44.7 Å². The van der Waals surface area contributed by atoms with Crippen molar-refractivity contribution in [2.24, 2.45) is 5.92 Å². The summed E-state index contributed by atoms with van der Waals surface area (Å²) < 4.78 is 23.9. The highest BCUT2D eigenvalue weighted by atomic mass is 32.5. The molecule has 2 heterocycles. The van der Waals surface area contributed by atoms with Gasteiger partial charge in [-0.1, -0.05) is 43.9 Å². The van der Waals surface area contributed by atoms with Crippen LogP contribution in [0.15, 0.2) is 52.2 Å². The summed E-state index contributed by atoms with van der Waals surface area (Å²) in [7, 11) is 0. The normalized spacial score (nSPS) is 23.3. The zero-order valence-electron chi connectivity index (χ0n) is 22.8. The molecule has 0 saturated carbocycles. The Balaban J connectivity index is 1.85. The number of hydrogen-bond donors (Lipinski definition) is 4. The molecule has 3 rings (SSSR count). The Morgan fingerprint density at radius 3 is 2.45 bits per heavy atom. The van der Waals surface area contributed by atoms with Gasteiger partial charge in [-0.3, -0.25) is 19.1 Å². The van der Waals surface area contributed by atoms with Crippen molar-refractivity contribution < 1.29 is 33.5 Å². The summed E-state index contributed by atoms with van der Waals surface area (Å²) in [4.78, 5) is 38.7. The lowest BCUT2D eigenvalue weighted by Gasteiger charge is -2.53. The Hall–Kier alpha value is -2.82. The first-order valence-corrected chi connectivity index (χ1v) is 15.3. The van der Waals surface area contributed by atoms with Gasteiger partial charge in [0.1, 0.15) is 24.0 Å². The molecule has 0 radical (unpaired) electrons. The van der Waals surface area contributed by atoms with E-state index < -0.39 is 53.9 Å². The summed E-state index contributed by atoms with van der Waals surface area (Å²) in [6.07, 6.45) is -3.49. The van der Waals surface area contributed by atoms with Crippen molar-refractivity contribution in [3.8, 4) is 17.6 Å². The van der Waals surface area contributed by atoms with Gasteiger partial charge >= 0.3 is 18.3 Å². The number of aliphatic hydroxyl groups excluding tert-OH is 2. The predicted octanol–water partition coefficient (Wildman–Crippen LogP) is 1.22. The SMILES string of the molecule is CC(C)C#C[C@H](O)[C@@]1(n2ccc(=O)[nH]c2=O)O[C@H](COP(=S)(N[C@@H](C)C(=O)OC(C)C)Oc2ccccc2)[C@H]1O. The van der Waals surface area contributed by atoms with E-state index >= 15 is 0 Å². The molecular weight excluding hydrogens is 561 g/mol. The Kier molecular flexibility index (Phi) is 10.5. The number of rotatable bonds is 11. The number of aromatic amines is 1. The van der Waals surface area contributed by atoms with Crippen LogP contribution in [-0.2, 0) is 36.3 Å². The Labute approximate surface area is 236 Å². The van der Waals surface area contributed by atoms with Crippen LogP contribution in [0.25, 0.3) is 0 Å². The highest BCUT2D eigenvalue weighted by Crippen LogP contribution is 2.48. The summed E-state index contributed by atoms with van der Waals surface area (Å²) in [5.74, 6) is 5.09. The molecular formula is C26H34N3O9PS. The number of H-pyrrole nitrogens is 1. The number of esters is 1. The van der Waals surface area contributed by atoms with Gasteiger partial charge in [-0.25, -0.2) is 9.88 Å². The van der Waals surface area contributed by atoms with Crippen LogP contribution < -0.4 is 20.9 Å². The second-order valence-corrected chi connectivity index (χ2v) is 12.8. The van der Waals surface area contributed by atoms with Gasteiger partial charge in [0, 0.05) is 18.2 Å². The summed E-state index contributed by atoms with van der Waals surface area (Å²) in [6, 6.07) is 8.75. The first-order valence-electron chi connectivity index (χ1n) is 12.6. The van der Waals surface area contributed by atoms with Crippen molar-refractivity contribution in [1.82, 2.24) is 14.6 Å². The molecule has 1 aromatic heterocycles. The van der Waals surface area contributed by atoms with E-state index in [-0.39, 0.29) is 18.6 Å². The highest BCUT2D eigenvalue weighted by Gasteiger charge is 2.62. The van der Waals surface area contributed by atoms with Crippen molar-refractivity contribution in [2.75, 3.05) is 6.61 Å². The van der Waals surface area contributed by atoms with Crippen molar-refractivity contribution in [3.05, 3.63) is 63.4 Å². The van der Waals surface area contributed by atoms with Gasteiger partial charge in [0.15, 0.2) is 6.10 Å². The second-order valence-electron chi connectivity index (χ2n) is 9.71. The molecule has 0 spiro atoms. The molecule has 1 aliphatic heterocycles. The first kappa shape index (κ1) is 31.7. The summed E-state index contributed by atoms with van der Waals surface area (Å²) >= 11 is 5.67. The lowest BCUT2D eigenvalue weighted by molar-refractivity contribution is -0.361. The third kappa shape index (κ3) is 7.47. The molecule has 12 nitrogen and oxygen atoms in total. The van der Waals surface area contributed by atoms with Crippen molar-refractivity contribution in [2.45, 2.75) is 70.8 Å². The molecule has 1 unspecified atom stereocenters. The van der Waals surface area contributed by atoms with E-state index in [4.69, 9.17) is 30.3 Å². The molecule has 1 aromatic carbocycles. The van der Waals surface area contributed by atoms with Crippen molar-refractivity contribution in [3.63, 3.8) is 0 Å². The Bertz CT molecular complexity index is 1400. The summed E-state index contributed by atoms with van der Waals surface area (Å²) in [5, 5.41) is 25.0. The van der Waals surface area contributed by atoms with Gasteiger partial charge in [0.2, 0.25) is 5.72 Å². The maximum absolute atomic E-state index is 12.6. The molecule has 2 aromatic rings. The average Bonchev–Trinajstić information content (AvgIpc) is 2.87. The number of carbonyl (C=O) groups is 1. The first-order chi connectivity index (χ1) is 18.8. The second kappa shape index (κ2) is 13.2. The van der Waals surface area contributed by atoms with E-state index in [1.54, 1.807) is 65.0 Å². The molecule has 4 N–H and O–H groups in total. The number of aromatic nitrogens is 2. The van der Waals surface area contributed by atoms with E-state index in [1.165, 1.54) is 0 Å². The zero-order valence-corrected chi connectivity index (χ0v) is 24.5. The molecule has 0 bridgehead atoms. The number of aliphatic hydroxyl groups is 2. The topological polar surface area (TPSA) is 161 Å². The monoisotopic (exact) mass is 595 g/mol. The van der Waals surface area contributed by atoms with Gasteiger partial charge in [0.25, 0.3) is 5.56 Å². The molecule has 6 atom stereocenters. The maximum Gasteiger partial charge on any atom is 0.330 e. The third-order valence-corrected chi connectivity index (χ3v) is 8.15. The van der Waals surface area contributed by atoms with E-state index in [1.807, 2.05) is 0 Å². The lowest BCUT2D eigenvalue weighted by Crippen LogP contribution is -2.73. The van der Waals surface area contributed by atoms with E-state index in [0.717, 1.165) is 16.8 Å². The number of carbonyl (C=O) groups excluding carboxylic acids is 1. The number of benzene rings is 1. The van der Waals surface area contributed by atoms with Crippen LogP contribution in [0.5, 0.6) is 5.75 Å². The van der Waals surface area contributed by atoms with Gasteiger partial charge in [-0.15, -0.1) is 0 Å². The third-order valence-electron chi connectivity index (χ3n) is 5.65. The molecule has 218 valence electrons. The van der Waals surface area contributed by atoms with Gasteiger partial charge in [-0.2, -0.15) is 0 Å². The fraction of sp³-hybridized carbons (Fsp3) is 0.500. The molecule has 0 amide bonds. The Morgan fingerprint density at radius 1 is 1.20 bits per heavy atom. The molecule has 1 fully saturated rings. The van der Waals surface area contributed by atoms with E-state index in [0.29, 0.717) is 5.75 Å². The van der Waals surface area contributed by atoms with E-state index in [9.17, 15) is 24.6 Å². The average molecular weight is 596 g/mol. The van der Waals surface area contributed by atoms with Gasteiger partial charge < -0.3 is 28.7 Å². The smallest absolute Gasteiger partial charge is 0.330 e. The van der Waals surface area contributed by atoms with Crippen LogP contribution in [0.4, 0.5) is 0 Å². The number of para-hydroxylation sites is 1.